The molecule has 0 fully saturated rings. The number of carbonyl (C=O) groups excluding carboxylic acids is 1. The Morgan fingerprint density at radius 1 is 1.11 bits per heavy atom. The normalized spacial score (nSPS) is 9.26. The first kappa shape index (κ1) is 18.4. The minimum Gasteiger partial charge on any atom is -0.496 e. The number of methoxy groups -OCH3 is 2. The number of carbonyl (C=O) groups is 1. The van der Waals surface area contributed by atoms with E-state index in [4.69, 9.17) is 43.9 Å². The Bertz CT molecular complexity index is 448. The molecule has 0 spiro atoms. The van der Waals surface area contributed by atoms with E-state index in [-0.39, 0.29) is 5.97 Å². The van der Waals surface area contributed by atoms with Crippen LogP contribution < -0.4 is 4.74 Å². The van der Waals surface area contributed by atoms with Crippen molar-refractivity contribution in [3.05, 3.63) is 28.3 Å². The third-order valence-corrected chi connectivity index (χ3v) is 2.58. The van der Waals surface area contributed by atoms with Crippen LogP contribution in [0.3, 0.4) is 0 Å². The highest BCUT2D eigenvalue weighted by Crippen LogP contribution is 2.29. The van der Waals surface area contributed by atoms with Gasteiger partial charge in [-0.3, -0.25) is 0 Å². The molecule has 0 aliphatic heterocycles. The number of esters is 1. The van der Waals surface area contributed by atoms with Gasteiger partial charge in [-0.25, -0.2) is 4.79 Å². The lowest BCUT2D eigenvalue weighted by atomic mass is 9.99. The molecule has 1 aromatic rings. The fourth-order valence-electron chi connectivity index (χ4n) is 1.66. The molecule has 0 bridgehead atoms. The number of rotatable bonds is 2. The molecule has 19 heavy (non-hydrogen) atoms. The maximum Gasteiger partial charge on any atom is 0.450 e. The van der Waals surface area contributed by atoms with E-state index in [0.717, 1.165) is 16.7 Å². The molecule has 0 N–H and O–H groups in total. The lowest BCUT2D eigenvalue weighted by Gasteiger charge is -2.14. The van der Waals surface area contributed by atoms with Crippen molar-refractivity contribution < 1.29 is 14.3 Å². The SMILES string of the molecule is COC(=O)c1c(C)cc(C)c(C)c1OC.ClB(Cl)Cl. The van der Waals surface area contributed by atoms with Crippen LogP contribution in [0.25, 0.3) is 0 Å². The summed E-state index contributed by atoms with van der Waals surface area (Å²) < 4.78 is 10.00. The molecule has 7 heteroatoms. The number of ether oxygens (including phenoxy) is 2. The third-order valence-electron chi connectivity index (χ3n) is 2.58. The number of aryl methyl sites for hydroxylation is 2. The van der Waals surface area contributed by atoms with E-state index < -0.39 is 4.96 Å². The predicted molar refractivity (Wildman–Crippen MR) is 81.9 cm³/mol. The van der Waals surface area contributed by atoms with Gasteiger partial charge in [-0.15, -0.1) is 0 Å². The van der Waals surface area contributed by atoms with Crippen LogP contribution in [0, 0.1) is 20.8 Å². The van der Waals surface area contributed by atoms with Gasteiger partial charge < -0.3 is 9.47 Å². The van der Waals surface area contributed by atoms with Crippen LogP contribution in [0.2, 0.25) is 0 Å². The first-order chi connectivity index (χ1) is 8.76. The van der Waals surface area contributed by atoms with Gasteiger partial charge in [0.05, 0.1) is 14.2 Å². The summed E-state index contributed by atoms with van der Waals surface area (Å²) in [7, 11) is 2.93. The van der Waals surface area contributed by atoms with Crippen molar-refractivity contribution in [1.82, 2.24) is 0 Å². The second kappa shape index (κ2) is 8.57. The molecule has 106 valence electrons. The minimum atomic E-state index is -0.750. The van der Waals surface area contributed by atoms with Gasteiger partial charge in [0.15, 0.2) is 0 Å². The summed E-state index contributed by atoms with van der Waals surface area (Å²) in [6.07, 6.45) is 0. The predicted octanol–water partition coefficient (Wildman–Crippen LogP) is 4.09. The number of benzene rings is 1. The molecule has 0 radical (unpaired) electrons. The molecule has 0 atom stereocenters. The maximum absolute atomic E-state index is 11.6. The summed E-state index contributed by atoms with van der Waals surface area (Å²) in [5.74, 6) is 0.256. The molecule has 0 unspecified atom stereocenters. The molecule has 0 saturated carbocycles. The monoisotopic (exact) mass is 324 g/mol. The van der Waals surface area contributed by atoms with Crippen LogP contribution >= 0.6 is 34.4 Å². The van der Waals surface area contributed by atoms with Gasteiger partial charge in [-0.1, -0.05) is 6.07 Å². The van der Waals surface area contributed by atoms with Gasteiger partial charge in [0.2, 0.25) is 0 Å². The van der Waals surface area contributed by atoms with Crippen molar-refractivity contribution in [2.24, 2.45) is 0 Å². The summed E-state index contributed by atoms with van der Waals surface area (Å²) in [6, 6.07) is 1.96. The highest BCUT2D eigenvalue weighted by atomic mass is 35.6. The van der Waals surface area contributed by atoms with Gasteiger partial charge in [0, 0.05) is 0 Å². The lowest BCUT2D eigenvalue weighted by Crippen LogP contribution is -2.08. The van der Waals surface area contributed by atoms with Crippen LogP contribution in [0.1, 0.15) is 27.0 Å². The average Bonchev–Trinajstić information content (AvgIpc) is 2.31. The van der Waals surface area contributed by atoms with Crippen molar-refractivity contribution in [2.45, 2.75) is 20.8 Å². The molecule has 3 nitrogen and oxygen atoms in total. The molecular formula is C12H16BCl3O3. The zero-order valence-corrected chi connectivity index (χ0v) is 13.8. The average molecular weight is 325 g/mol. The maximum atomic E-state index is 11.6. The first-order valence-corrected chi connectivity index (χ1v) is 6.72. The van der Waals surface area contributed by atoms with E-state index in [0.29, 0.717) is 11.3 Å². The topological polar surface area (TPSA) is 35.5 Å². The van der Waals surface area contributed by atoms with Crippen LogP contribution in [-0.2, 0) is 4.74 Å². The van der Waals surface area contributed by atoms with Crippen molar-refractivity contribution in [2.75, 3.05) is 14.2 Å². The molecule has 0 amide bonds. The summed E-state index contributed by atoms with van der Waals surface area (Å²) in [6.45, 7) is 5.80. The number of hydrogen-bond acceptors (Lipinski definition) is 3. The molecule has 1 rings (SSSR count). The molecule has 0 aliphatic carbocycles. The molecule has 0 aliphatic rings. The van der Waals surface area contributed by atoms with Gasteiger partial charge in [0.25, 0.3) is 0 Å². The smallest absolute Gasteiger partial charge is 0.450 e. The van der Waals surface area contributed by atoms with Gasteiger partial charge >= 0.3 is 10.9 Å². The third kappa shape index (κ3) is 5.51. The van der Waals surface area contributed by atoms with Gasteiger partial charge in [-0.05, 0) is 37.5 Å². The second-order valence-electron chi connectivity index (χ2n) is 3.78. The number of hydrogen-bond donors (Lipinski definition) is 0. The van der Waals surface area contributed by atoms with E-state index in [2.05, 4.69) is 0 Å². The van der Waals surface area contributed by atoms with E-state index in [1.807, 2.05) is 26.8 Å². The summed E-state index contributed by atoms with van der Waals surface area (Å²) >= 11 is 14.4. The minimum absolute atomic E-state index is 0.354. The molecule has 0 aromatic heterocycles. The summed E-state index contributed by atoms with van der Waals surface area (Å²) in [5, 5.41) is 0. The van der Waals surface area contributed by atoms with Crippen LogP contribution in [-0.4, -0.2) is 25.1 Å². The van der Waals surface area contributed by atoms with Crippen LogP contribution in [0.15, 0.2) is 6.07 Å². The Hall–Kier alpha value is -0.575. The Morgan fingerprint density at radius 3 is 1.95 bits per heavy atom. The van der Waals surface area contributed by atoms with Gasteiger partial charge in [0.1, 0.15) is 11.3 Å². The van der Waals surface area contributed by atoms with Crippen LogP contribution in [0.4, 0.5) is 0 Å². The first-order valence-electron chi connectivity index (χ1n) is 5.41. The Labute approximate surface area is 128 Å². The van der Waals surface area contributed by atoms with Crippen molar-refractivity contribution in [3.8, 4) is 5.75 Å². The Morgan fingerprint density at radius 2 is 1.58 bits per heavy atom. The zero-order chi connectivity index (χ0) is 15.2. The van der Waals surface area contributed by atoms with E-state index in [1.165, 1.54) is 7.11 Å². The Balaban J connectivity index is 0.000000711. The van der Waals surface area contributed by atoms with Crippen molar-refractivity contribution in [1.29, 1.82) is 0 Å². The quantitative estimate of drug-likeness (QED) is 0.607. The van der Waals surface area contributed by atoms with E-state index >= 15 is 0 Å². The molecule has 1 aromatic carbocycles. The summed E-state index contributed by atoms with van der Waals surface area (Å²) in [4.78, 5) is 10.8. The Kier molecular flexibility index (Phi) is 8.31. The fraction of sp³-hybridized carbons (Fsp3) is 0.417. The van der Waals surface area contributed by atoms with Crippen molar-refractivity contribution >= 4 is 45.3 Å². The number of halogens is 3. The molecule has 0 heterocycles. The highest BCUT2D eigenvalue weighted by Gasteiger charge is 2.19. The van der Waals surface area contributed by atoms with E-state index in [1.54, 1.807) is 7.11 Å². The van der Waals surface area contributed by atoms with E-state index in [9.17, 15) is 4.79 Å². The highest BCUT2D eigenvalue weighted by molar-refractivity contribution is 7.54. The lowest BCUT2D eigenvalue weighted by molar-refractivity contribution is 0.0596. The zero-order valence-electron chi connectivity index (χ0n) is 11.5. The molecule has 0 saturated heterocycles. The molecular weight excluding hydrogens is 309 g/mol. The van der Waals surface area contributed by atoms with Gasteiger partial charge in [-0.2, -0.15) is 34.4 Å². The van der Waals surface area contributed by atoms with Crippen LogP contribution in [0.5, 0.6) is 5.75 Å². The summed E-state index contributed by atoms with van der Waals surface area (Å²) in [5.41, 5.74) is 3.48. The standard InChI is InChI=1S/C12H16O3.BCl3/c1-7-6-8(2)10(12(13)15-5)11(14-4)9(7)3;2-1(3)4/h6H,1-5H3;. The fourth-order valence-corrected chi connectivity index (χ4v) is 1.66. The largest absolute Gasteiger partial charge is 0.496 e. The van der Waals surface area contributed by atoms with Crippen molar-refractivity contribution in [3.63, 3.8) is 0 Å². The second-order valence-corrected chi connectivity index (χ2v) is 5.76.